The summed E-state index contributed by atoms with van der Waals surface area (Å²) in [6.07, 6.45) is 2.79. The van der Waals surface area contributed by atoms with Crippen molar-refractivity contribution in [3.8, 4) is 0 Å². The molecule has 1 aromatic carbocycles. The average Bonchev–Trinajstić information content (AvgIpc) is 2.36. The van der Waals surface area contributed by atoms with Crippen LogP contribution in [0.4, 0.5) is 5.69 Å². The maximum absolute atomic E-state index is 12.3. The summed E-state index contributed by atoms with van der Waals surface area (Å²) in [6.45, 7) is 8.68. The normalized spacial score (nSPS) is 12.4. The van der Waals surface area contributed by atoms with Crippen molar-refractivity contribution >= 4 is 15.7 Å². The fraction of sp³-hybridized carbons (Fsp3) is 0.600. The molecule has 5 heteroatoms. The van der Waals surface area contributed by atoms with Crippen LogP contribution in [0.2, 0.25) is 0 Å². The molecule has 1 rings (SSSR count). The topological polar surface area (TPSA) is 58.2 Å². The van der Waals surface area contributed by atoms with Gasteiger partial charge >= 0.3 is 0 Å². The molecule has 0 aliphatic heterocycles. The van der Waals surface area contributed by atoms with Gasteiger partial charge in [-0.25, -0.2) is 13.1 Å². The lowest BCUT2D eigenvalue weighted by atomic mass is 9.98. The van der Waals surface area contributed by atoms with Crippen LogP contribution in [0.3, 0.4) is 0 Å². The van der Waals surface area contributed by atoms with Crippen LogP contribution in [-0.4, -0.2) is 20.5 Å². The molecule has 114 valence electrons. The molecule has 2 N–H and O–H groups in total. The maximum Gasteiger partial charge on any atom is 0.242 e. The molecule has 0 saturated heterocycles. The lowest BCUT2D eigenvalue weighted by molar-refractivity contribution is 0.509. The van der Waals surface area contributed by atoms with Crippen LogP contribution in [0.1, 0.15) is 47.0 Å². The van der Waals surface area contributed by atoms with Crippen molar-refractivity contribution in [1.29, 1.82) is 0 Å². The molecule has 0 spiro atoms. The van der Waals surface area contributed by atoms with E-state index in [4.69, 9.17) is 0 Å². The highest BCUT2D eigenvalue weighted by atomic mass is 32.2. The molecule has 4 nitrogen and oxygen atoms in total. The quantitative estimate of drug-likeness (QED) is 0.773. The Morgan fingerprint density at radius 3 is 2.35 bits per heavy atom. The average molecular weight is 298 g/mol. The molecule has 0 atom stereocenters. The Morgan fingerprint density at radius 1 is 1.10 bits per heavy atom. The number of hydrogen-bond donors (Lipinski definition) is 2. The Balaban J connectivity index is 3.05. The van der Waals surface area contributed by atoms with Crippen LogP contribution in [0, 0.1) is 0 Å². The van der Waals surface area contributed by atoms with E-state index in [2.05, 4.69) is 30.8 Å². The first-order valence-corrected chi connectivity index (χ1v) is 8.67. The summed E-state index contributed by atoms with van der Waals surface area (Å²) in [5.74, 6) is 0. The van der Waals surface area contributed by atoms with Gasteiger partial charge in [0.1, 0.15) is 4.90 Å². The predicted molar refractivity (Wildman–Crippen MR) is 84.5 cm³/mol. The first-order valence-electron chi connectivity index (χ1n) is 7.19. The van der Waals surface area contributed by atoms with Gasteiger partial charge in [-0.1, -0.05) is 32.4 Å². The summed E-state index contributed by atoms with van der Waals surface area (Å²) in [6, 6.07) is 7.06. The summed E-state index contributed by atoms with van der Waals surface area (Å²) in [5, 5.41) is 3.35. The van der Waals surface area contributed by atoms with E-state index in [9.17, 15) is 8.42 Å². The molecule has 0 heterocycles. The van der Waals surface area contributed by atoms with E-state index in [0.717, 1.165) is 19.3 Å². The Labute approximate surface area is 123 Å². The molecule has 0 aliphatic carbocycles. The van der Waals surface area contributed by atoms with Crippen molar-refractivity contribution in [2.24, 2.45) is 0 Å². The fourth-order valence-corrected chi connectivity index (χ4v) is 3.47. The van der Waals surface area contributed by atoms with Gasteiger partial charge in [0.2, 0.25) is 10.0 Å². The van der Waals surface area contributed by atoms with E-state index in [1.54, 1.807) is 12.1 Å². The van der Waals surface area contributed by atoms with Crippen LogP contribution >= 0.6 is 0 Å². The van der Waals surface area contributed by atoms with Crippen LogP contribution < -0.4 is 10.0 Å². The Kier molecular flexibility index (Phi) is 6.02. The zero-order chi connectivity index (χ0) is 15.2. The van der Waals surface area contributed by atoms with Gasteiger partial charge in [-0.05, 0) is 38.8 Å². The summed E-state index contributed by atoms with van der Waals surface area (Å²) in [5.41, 5.74) is 0.528. The highest BCUT2D eigenvalue weighted by Crippen LogP contribution is 2.26. The zero-order valence-corrected chi connectivity index (χ0v) is 13.7. The SMILES string of the molecule is CCCNS(=O)(=O)c1ccccc1NC(C)(C)CCC. The summed E-state index contributed by atoms with van der Waals surface area (Å²) < 4.78 is 27.2. The number of benzene rings is 1. The minimum atomic E-state index is -3.45. The number of para-hydroxylation sites is 1. The summed E-state index contributed by atoms with van der Waals surface area (Å²) in [4.78, 5) is 0.317. The van der Waals surface area contributed by atoms with E-state index in [-0.39, 0.29) is 5.54 Å². The second-order valence-corrected chi connectivity index (χ2v) is 7.39. The fourth-order valence-electron chi connectivity index (χ4n) is 2.17. The molecule has 0 unspecified atom stereocenters. The van der Waals surface area contributed by atoms with Gasteiger partial charge in [0.25, 0.3) is 0 Å². The maximum atomic E-state index is 12.3. The molecule has 0 aromatic heterocycles. The van der Waals surface area contributed by atoms with Gasteiger partial charge in [-0.2, -0.15) is 0 Å². The second-order valence-electron chi connectivity index (χ2n) is 5.65. The van der Waals surface area contributed by atoms with E-state index >= 15 is 0 Å². The number of sulfonamides is 1. The largest absolute Gasteiger partial charge is 0.379 e. The van der Waals surface area contributed by atoms with Gasteiger partial charge in [-0.15, -0.1) is 0 Å². The first kappa shape index (κ1) is 17.0. The standard InChI is InChI=1S/C15H26N2O2S/c1-5-11-15(3,4)17-13-9-7-8-10-14(13)20(18,19)16-12-6-2/h7-10,16-17H,5-6,11-12H2,1-4H3. The molecular formula is C15H26N2O2S. The molecule has 1 aromatic rings. The second kappa shape index (κ2) is 7.09. The third-order valence-corrected chi connectivity index (χ3v) is 4.59. The van der Waals surface area contributed by atoms with E-state index in [1.165, 1.54) is 0 Å². The lowest BCUT2D eigenvalue weighted by Crippen LogP contribution is -2.32. The van der Waals surface area contributed by atoms with Crippen LogP contribution in [-0.2, 0) is 10.0 Å². The van der Waals surface area contributed by atoms with Gasteiger partial charge in [-0.3, -0.25) is 0 Å². The highest BCUT2D eigenvalue weighted by molar-refractivity contribution is 7.89. The van der Waals surface area contributed by atoms with Crippen molar-refractivity contribution in [2.45, 2.75) is 57.4 Å². The molecule has 0 aliphatic rings. The number of nitrogens with one attached hydrogen (secondary N) is 2. The van der Waals surface area contributed by atoms with E-state index < -0.39 is 10.0 Å². The molecule has 0 saturated carbocycles. The molecule has 0 radical (unpaired) electrons. The van der Waals surface area contributed by atoms with Crippen LogP contribution in [0.15, 0.2) is 29.2 Å². The summed E-state index contributed by atoms with van der Waals surface area (Å²) in [7, 11) is -3.45. The Bertz CT molecular complexity index is 524. The van der Waals surface area contributed by atoms with E-state index in [1.807, 2.05) is 19.1 Å². The molecule has 0 amide bonds. The minimum Gasteiger partial charge on any atom is -0.379 e. The Morgan fingerprint density at radius 2 is 1.75 bits per heavy atom. The first-order chi connectivity index (χ1) is 9.32. The highest BCUT2D eigenvalue weighted by Gasteiger charge is 2.22. The minimum absolute atomic E-state index is 0.134. The summed E-state index contributed by atoms with van der Waals surface area (Å²) >= 11 is 0. The third kappa shape index (κ3) is 4.80. The van der Waals surface area contributed by atoms with Gasteiger partial charge < -0.3 is 5.32 Å². The van der Waals surface area contributed by atoms with Crippen LogP contribution in [0.5, 0.6) is 0 Å². The molecular weight excluding hydrogens is 272 g/mol. The van der Waals surface area contributed by atoms with Crippen molar-refractivity contribution in [3.05, 3.63) is 24.3 Å². The lowest BCUT2D eigenvalue weighted by Gasteiger charge is -2.28. The van der Waals surface area contributed by atoms with Crippen molar-refractivity contribution in [1.82, 2.24) is 4.72 Å². The molecule has 0 bridgehead atoms. The number of hydrogen-bond acceptors (Lipinski definition) is 3. The third-order valence-electron chi connectivity index (χ3n) is 3.07. The molecule has 20 heavy (non-hydrogen) atoms. The van der Waals surface area contributed by atoms with Crippen molar-refractivity contribution in [2.75, 3.05) is 11.9 Å². The Hall–Kier alpha value is -1.07. The van der Waals surface area contributed by atoms with E-state index in [0.29, 0.717) is 17.1 Å². The number of rotatable bonds is 8. The van der Waals surface area contributed by atoms with Crippen molar-refractivity contribution < 1.29 is 8.42 Å². The van der Waals surface area contributed by atoms with Crippen molar-refractivity contribution in [3.63, 3.8) is 0 Å². The zero-order valence-electron chi connectivity index (χ0n) is 12.9. The molecule has 0 fully saturated rings. The van der Waals surface area contributed by atoms with Gasteiger partial charge in [0, 0.05) is 12.1 Å². The predicted octanol–water partition coefficient (Wildman–Crippen LogP) is 3.37. The van der Waals surface area contributed by atoms with Gasteiger partial charge in [0.15, 0.2) is 0 Å². The van der Waals surface area contributed by atoms with Crippen LogP contribution in [0.25, 0.3) is 0 Å². The smallest absolute Gasteiger partial charge is 0.242 e. The number of anilines is 1. The monoisotopic (exact) mass is 298 g/mol. The van der Waals surface area contributed by atoms with Gasteiger partial charge in [0.05, 0.1) is 5.69 Å².